The molecular formula is C16H24N2O3. The van der Waals surface area contributed by atoms with Gasteiger partial charge in [0.1, 0.15) is 6.61 Å². The molecule has 0 saturated heterocycles. The molecule has 0 atom stereocenters. The maximum atomic E-state index is 11.5. The number of nitrogens with zero attached hydrogens (tertiary/aromatic N) is 1. The summed E-state index contributed by atoms with van der Waals surface area (Å²) in [6.07, 6.45) is -0.472. The molecule has 5 heteroatoms. The van der Waals surface area contributed by atoms with Crippen LogP contribution in [0.25, 0.3) is 0 Å². The zero-order chi connectivity index (χ0) is 15.8. The van der Waals surface area contributed by atoms with Gasteiger partial charge in [-0.25, -0.2) is 4.79 Å². The molecule has 0 fully saturated rings. The Kier molecular flexibility index (Phi) is 6.72. The SMILES string of the molecule is CC(=O)N(C)CCNC(=O)OCc1ccc(C(C)C)cc1. The fraction of sp³-hybridized carbons (Fsp3) is 0.500. The van der Waals surface area contributed by atoms with Gasteiger partial charge in [-0.05, 0) is 17.0 Å². The summed E-state index contributed by atoms with van der Waals surface area (Å²) < 4.78 is 5.12. The van der Waals surface area contributed by atoms with Gasteiger partial charge in [-0.1, -0.05) is 38.1 Å². The average Bonchev–Trinajstić information content (AvgIpc) is 2.45. The Balaban J connectivity index is 2.28. The maximum absolute atomic E-state index is 11.5. The molecule has 1 rings (SSSR count). The topological polar surface area (TPSA) is 58.6 Å². The summed E-state index contributed by atoms with van der Waals surface area (Å²) in [6.45, 7) is 6.84. The third kappa shape index (κ3) is 6.29. The predicted molar refractivity (Wildman–Crippen MR) is 82.0 cm³/mol. The fourth-order valence-corrected chi connectivity index (χ4v) is 1.68. The van der Waals surface area contributed by atoms with Crippen molar-refractivity contribution >= 4 is 12.0 Å². The monoisotopic (exact) mass is 292 g/mol. The van der Waals surface area contributed by atoms with Gasteiger partial charge in [0.25, 0.3) is 0 Å². The highest BCUT2D eigenvalue weighted by Gasteiger charge is 2.05. The lowest BCUT2D eigenvalue weighted by atomic mass is 10.0. The molecule has 0 aliphatic rings. The van der Waals surface area contributed by atoms with E-state index in [1.54, 1.807) is 7.05 Å². The molecule has 21 heavy (non-hydrogen) atoms. The van der Waals surface area contributed by atoms with Crippen LogP contribution in [0.15, 0.2) is 24.3 Å². The Morgan fingerprint density at radius 3 is 2.38 bits per heavy atom. The molecule has 1 N–H and O–H groups in total. The van der Waals surface area contributed by atoms with Crippen LogP contribution in [-0.2, 0) is 16.1 Å². The van der Waals surface area contributed by atoms with Crippen molar-refractivity contribution in [3.63, 3.8) is 0 Å². The van der Waals surface area contributed by atoms with Crippen molar-refractivity contribution in [1.29, 1.82) is 0 Å². The van der Waals surface area contributed by atoms with Crippen LogP contribution in [0.3, 0.4) is 0 Å². The lowest BCUT2D eigenvalue weighted by Crippen LogP contribution is -2.35. The highest BCUT2D eigenvalue weighted by atomic mass is 16.5. The molecule has 116 valence electrons. The van der Waals surface area contributed by atoms with Gasteiger partial charge in [0.15, 0.2) is 0 Å². The standard InChI is InChI=1S/C16H24N2O3/c1-12(2)15-7-5-14(6-8-15)11-21-16(20)17-9-10-18(4)13(3)19/h5-8,12H,9-11H2,1-4H3,(H,17,20). The van der Waals surface area contributed by atoms with Crippen molar-refractivity contribution < 1.29 is 14.3 Å². The quantitative estimate of drug-likeness (QED) is 0.876. The van der Waals surface area contributed by atoms with Gasteiger partial charge in [-0.2, -0.15) is 0 Å². The first-order valence-corrected chi connectivity index (χ1v) is 7.11. The highest BCUT2D eigenvalue weighted by molar-refractivity contribution is 5.73. The van der Waals surface area contributed by atoms with Crippen molar-refractivity contribution in [2.75, 3.05) is 20.1 Å². The van der Waals surface area contributed by atoms with E-state index in [4.69, 9.17) is 4.74 Å². The Labute approximate surface area is 126 Å². The van der Waals surface area contributed by atoms with Crippen LogP contribution in [0.5, 0.6) is 0 Å². The molecule has 1 aromatic rings. The smallest absolute Gasteiger partial charge is 0.407 e. The average molecular weight is 292 g/mol. The minimum atomic E-state index is -0.472. The molecule has 0 bridgehead atoms. The number of carbonyl (C=O) groups excluding carboxylic acids is 2. The molecule has 0 aliphatic heterocycles. The zero-order valence-corrected chi connectivity index (χ0v) is 13.2. The molecule has 2 amide bonds. The van der Waals surface area contributed by atoms with E-state index >= 15 is 0 Å². The second-order valence-electron chi connectivity index (χ2n) is 5.34. The summed E-state index contributed by atoms with van der Waals surface area (Å²) in [4.78, 5) is 24.0. The maximum Gasteiger partial charge on any atom is 0.407 e. The van der Waals surface area contributed by atoms with Crippen molar-refractivity contribution in [1.82, 2.24) is 10.2 Å². The van der Waals surface area contributed by atoms with E-state index < -0.39 is 6.09 Å². The van der Waals surface area contributed by atoms with Gasteiger partial charge in [0.05, 0.1) is 0 Å². The molecule has 0 spiro atoms. The van der Waals surface area contributed by atoms with Gasteiger partial charge in [0, 0.05) is 27.1 Å². The molecule has 0 aliphatic carbocycles. The van der Waals surface area contributed by atoms with Crippen LogP contribution in [0.2, 0.25) is 0 Å². The van der Waals surface area contributed by atoms with Gasteiger partial charge in [-0.3, -0.25) is 4.79 Å². The lowest BCUT2D eigenvalue weighted by molar-refractivity contribution is -0.127. The number of likely N-dealkylation sites (N-methyl/N-ethyl adjacent to an activating group) is 1. The van der Waals surface area contributed by atoms with Crippen LogP contribution < -0.4 is 5.32 Å². The third-order valence-corrected chi connectivity index (χ3v) is 3.27. The third-order valence-electron chi connectivity index (χ3n) is 3.27. The second-order valence-corrected chi connectivity index (χ2v) is 5.34. The highest BCUT2D eigenvalue weighted by Crippen LogP contribution is 2.15. The summed E-state index contributed by atoms with van der Waals surface area (Å²) in [5.41, 5.74) is 2.21. The second kappa shape index (κ2) is 8.29. The van der Waals surface area contributed by atoms with Crippen molar-refractivity contribution in [3.05, 3.63) is 35.4 Å². The molecule has 0 saturated carbocycles. The summed E-state index contributed by atoms with van der Waals surface area (Å²) in [7, 11) is 1.69. The number of benzene rings is 1. The van der Waals surface area contributed by atoms with Crippen molar-refractivity contribution in [3.8, 4) is 0 Å². The number of rotatable bonds is 6. The molecule has 5 nitrogen and oxygen atoms in total. The lowest BCUT2D eigenvalue weighted by Gasteiger charge is -2.15. The number of hydrogen-bond donors (Lipinski definition) is 1. The molecule has 0 radical (unpaired) electrons. The minimum Gasteiger partial charge on any atom is -0.445 e. The number of hydrogen-bond acceptors (Lipinski definition) is 3. The Morgan fingerprint density at radius 2 is 1.86 bits per heavy atom. The fourth-order valence-electron chi connectivity index (χ4n) is 1.68. The molecule has 0 heterocycles. The summed E-state index contributed by atoms with van der Waals surface area (Å²) >= 11 is 0. The molecule has 0 aromatic heterocycles. The van der Waals surface area contributed by atoms with E-state index in [0.717, 1.165) is 5.56 Å². The van der Waals surface area contributed by atoms with Crippen molar-refractivity contribution in [2.45, 2.75) is 33.3 Å². The first-order valence-electron chi connectivity index (χ1n) is 7.11. The number of nitrogens with one attached hydrogen (secondary N) is 1. The molecule has 1 aromatic carbocycles. The van der Waals surface area contributed by atoms with Crippen LogP contribution in [0.4, 0.5) is 4.79 Å². The number of alkyl carbamates (subject to hydrolysis) is 1. The largest absolute Gasteiger partial charge is 0.445 e. The van der Waals surface area contributed by atoms with E-state index in [0.29, 0.717) is 19.0 Å². The van der Waals surface area contributed by atoms with Crippen molar-refractivity contribution in [2.24, 2.45) is 0 Å². The van der Waals surface area contributed by atoms with E-state index in [1.807, 2.05) is 24.3 Å². The molecular weight excluding hydrogens is 268 g/mol. The van der Waals surface area contributed by atoms with Crippen LogP contribution in [-0.4, -0.2) is 37.0 Å². The minimum absolute atomic E-state index is 0.0320. The van der Waals surface area contributed by atoms with E-state index in [-0.39, 0.29) is 12.5 Å². The first kappa shape index (κ1) is 17.0. The number of carbonyl (C=O) groups is 2. The Morgan fingerprint density at radius 1 is 1.24 bits per heavy atom. The Hall–Kier alpha value is -2.04. The van der Waals surface area contributed by atoms with E-state index in [9.17, 15) is 9.59 Å². The molecule has 0 unspecified atom stereocenters. The summed E-state index contributed by atoms with van der Waals surface area (Å²) in [6, 6.07) is 8.02. The van der Waals surface area contributed by atoms with Gasteiger partial charge in [0.2, 0.25) is 5.91 Å². The van der Waals surface area contributed by atoms with E-state index in [2.05, 4.69) is 19.2 Å². The number of amides is 2. The zero-order valence-electron chi connectivity index (χ0n) is 13.2. The summed E-state index contributed by atoms with van der Waals surface area (Å²) in [5.74, 6) is 0.456. The van der Waals surface area contributed by atoms with Gasteiger partial charge < -0.3 is 15.0 Å². The predicted octanol–water partition coefficient (Wildman–Crippen LogP) is 2.51. The van der Waals surface area contributed by atoms with Gasteiger partial charge in [-0.15, -0.1) is 0 Å². The van der Waals surface area contributed by atoms with Crippen LogP contribution >= 0.6 is 0 Å². The number of ether oxygens (including phenoxy) is 1. The first-order chi connectivity index (χ1) is 9.90. The van der Waals surface area contributed by atoms with Crippen LogP contribution in [0, 0.1) is 0 Å². The Bertz CT molecular complexity index is 469. The van der Waals surface area contributed by atoms with E-state index in [1.165, 1.54) is 17.4 Å². The van der Waals surface area contributed by atoms with Gasteiger partial charge >= 0.3 is 6.09 Å². The normalized spacial score (nSPS) is 10.3. The summed E-state index contributed by atoms with van der Waals surface area (Å²) in [5, 5.41) is 2.61. The van der Waals surface area contributed by atoms with Crippen LogP contribution in [0.1, 0.15) is 37.8 Å².